The molecule has 0 aliphatic rings. The molecule has 0 spiro atoms. The van der Waals surface area contributed by atoms with Crippen molar-refractivity contribution in [2.24, 2.45) is 0 Å². The predicted molar refractivity (Wildman–Crippen MR) is 72.4 cm³/mol. The summed E-state index contributed by atoms with van der Waals surface area (Å²) in [6, 6.07) is 3.54. The molecule has 0 saturated heterocycles. The highest BCUT2D eigenvalue weighted by molar-refractivity contribution is 5.49. The van der Waals surface area contributed by atoms with Crippen LogP contribution in [0.5, 0.6) is 0 Å². The zero-order chi connectivity index (χ0) is 15.3. The fraction of sp³-hybridized carbons (Fsp3) is 0.500. The molecule has 0 fully saturated rings. The van der Waals surface area contributed by atoms with Crippen molar-refractivity contribution in [2.45, 2.75) is 39.0 Å². The number of aliphatic hydroxyl groups is 1. The van der Waals surface area contributed by atoms with E-state index < -0.39 is 16.0 Å². The number of nitrogens with zero attached hydrogens (tertiary/aromatic N) is 2. The van der Waals surface area contributed by atoms with Crippen molar-refractivity contribution in [2.75, 3.05) is 0 Å². The molecular formula is C12H17N3O5. The van der Waals surface area contributed by atoms with Crippen molar-refractivity contribution in [1.82, 2.24) is 5.32 Å². The molecule has 1 aromatic carbocycles. The third-order valence-corrected chi connectivity index (χ3v) is 2.81. The Labute approximate surface area is 115 Å². The van der Waals surface area contributed by atoms with Gasteiger partial charge in [-0.3, -0.25) is 20.2 Å². The Morgan fingerprint density at radius 2 is 1.90 bits per heavy atom. The minimum atomic E-state index is -0.666. The van der Waals surface area contributed by atoms with Gasteiger partial charge in [-0.1, -0.05) is 0 Å². The highest BCUT2D eigenvalue weighted by atomic mass is 16.6. The second-order valence-electron chi connectivity index (χ2n) is 4.69. The number of hydrogen-bond acceptors (Lipinski definition) is 6. The molecule has 0 saturated carbocycles. The number of nitro benzene ring substituents is 2. The first-order valence-corrected chi connectivity index (χ1v) is 6.14. The van der Waals surface area contributed by atoms with E-state index in [4.69, 9.17) is 0 Å². The largest absolute Gasteiger partial charge is 0.393 e. The van der Waals surface area contributed by atoms with E-state index in [0.717, 1.165) is 6.07 Å². The van der Waals surface area contributed by atoms with Crippen molar-refractivity contribution in [3.8, 4) is 0 Å². The second kappa shape index (κ2) is 6.92. The number of rotatable bonds is 7. The van der Waals surface area contributed by atoms with Gasteiger partial charge in [0, 0.05) is 24.2 Å². The first-order chi connectivity index (χ1) is 9.31. The van der Waals surface area contributed by atoms with Crippen LogP contribution in [0.15, 0.2) is 18.2 Å². The lowest BCUT2D eigenvalue weighted by molar-refractivity contribution is -0.394. The monoisotopic (exact) mass is 283 g/mol. The number of benzene rings is 1. The van der Waals surface area contributed by atoms with Crippen LogP contribution in [0, 0.1) is 20.2 Å². The Bertz CT molecular complexity index is 504. The molecule has 0 aliphatic heterocycles. The van der Waals surface area contributed by atoms with E-state index in [9.17, 15) is 25.3 Å². The summed E-state index contributed by atoms with van der Waals surface area (Å²) in [5.41, 5.74) is -0.216. The third kappa shape index (κ3) is 4.56. The molecule has 2 unspecified atom stereocenters. The lowest BCUT2D eigenvalue weighted by atomic mass is 10.1. The summed E-state index contributed by atoms with van der Waals surface area (Å²) in [5, 5.41) is 33.8. The van der Waals surface area contributed by atoms with Gasteiger partial charge in [-0.2, -0.15) is 0 Å². The molecule has 2 N–H and O–H groups in total. The molecule has 110 valence electrons. The lowest BCUT2D eigenvalue weighted by Crippen LogP contribution is -2.28. The zero-order valence-electron chi connectivity index (χ0n) is 11.3. The van der Waals surface area contributed by atoms with Crippen LogP contribution in [0.2, 0.25) is 0 Å². The Hall–Kier alpha value is -2.06. The number of nitrogens with one attached hydrogen (secondary N) is 1. The average molecular weight is 283 g/mol. The smallest absolute Gasteiger partial charge is 0.280 e. The van der Waals surface area contributed by atoms with Gasteiger partial charge in [0.15, 0.2) is 0 Å². The van der Waals surface area contributed by atoms with Gasteiger partial charge >= 0.3 is 0 Å². The quantitative estimate of drug-likeness (QED) is 0.581. The number of hydrogen-bond donors (Lipinski definition) is 2. The maximum Gasteiger partial charge on any atom is 0.280 e. The fourth-order valence-corrected chi connectivity index (χ4v) is 1.86. The normalized spacial score (nSPS) is 13.8. The topological polar surface area (TPSA) is 119 Å². The molecule has 8 heteroatoms. The minimum Gasteiger partial charge on any atom is -0.393 e. The van der Waals surface area contributed by atoms with E-state index in [-0.39, 0.29) is 24.0 Å². The Morgan fingerprint density at radius 1 is 1.25 bits per heavy atom. The van der Waals surface area contributed by atoms with Crippen molar-refractivity contribution in [3.63, 3.8) is 0 Å². The van der Waals surface area contributed by atoms with Gasteiger partial charge in [0.25, 0.3) is 11.4 Å². The van der Waals surface area contributed by atoms with Gasteiger partial charge in [-0.05, 0) is 26.3 Å². The van der Waals surface area contributed by atoms with E-state index in [2.05, 4.69) is 5.32 Å². The maximum atomic E-state index is 10.9. The van der Waals surface area contributed by atoms with Crippen LogP contribution in [0.4, 0.5) is 11.4 Å². The van der Waals surface area contributed by atoms with Crippen molar-refractivity contribution >= 4 is 11.4 Å². The van der Waals surface area contributed by atoms with E-state index in [1.165, 1.54) is 12.1 Å². The molecule has 0 heterocycles. The van der Waals surface area contributed by atoms with Crippen LogP contribution in [0.1, 0.15) is 25.8 Å². The highest BCUT2D eigenvalue weighted by Crippen LogP contribution is 2.24. The Morgan fingerprint density at radius 3 is 2.40 bits per heavy atom. The average Bonchev–Trinajstić information content (AvgIpc) is 2.35. The first-order valence-electron chi connectivity index (χ1n) is 6.14. The number of aliphatic hydroxyl groups excluding tert-OH is 1. The first kappa shape index (κ1) is 16.0. The predicted octanol–water partition coefficient (Wildman–Crippen LogP) is 1.75. The zero-order valence-corrected chi connectivity index (χ0v) is 11.3. The molecule has 1 aromatic rings. The van der Waals surface area contributed by atoms with E-state index in [0.29, 0.717) is 12.0 Å². The molecule has 0 bridgehead atoms. The molecule has 0 radical (unpaired) electrons. The molecule has 20 heavy (non-hydrogen) atoms. The number of non-ortho nitro benzene ring substituents is 1. The fourth-order valence-electron chi connectivity index (χ4n) is 1.86. The standard InChI is InChI=1S/C12H17N3O5/c1-8(5-9(2)16)13-7-10-3-4-11(14(17)18)6-12(10)15(19)20/h3-4,6,8-9,13,16H,5,7H2,1-2H3. The van der Waals surface area contributed by atoms with E-state index in [1.807, 2.05) is 6.92 Å². The number of nitro groups is 2. The van der Waals surface area contributed by atoms with Crippen LogP contribution in [0.25, 0.3) is 0 Å². The Balaban J connectivity index is 2.84. The summed E-state index contributed by atoms with van der Waals surface area (Å²) in [4.78, 5) is 20.2. The Kier molecular flexibility index (Phi) is 5.53. The third-order valence-electron chi connectivity index (χ3n) is 2.81. The molecule has 0 aliphatic carbocycles. The molecule has 8 nitrogen and oxygen atoms in total. The summed E-state index contributed by atoms with van der Waals surface area (Å²) >= 11 is 0. The molecule has 2 atom stereocenters. The van der Waals surface area contributed by atoms with Gasteiger partial charge in [-0.25, -0.2) is 0 Å². The van der Waals surface area contributed by atoms with Gasteiger partial charge in [0.05, 0.1) is 22.0 Å². The molecule has 0 amide bonds. The summed E-state index contributed by atoms with van der Waals surface area (Å²) in [6.07, 6.45) is 0.0465. The van der Waals surface area contributed by atoms with Gasteiger partial charge in [0.1, 0.15) is 0 Å². The van der Waals surface area contributed by atoms with Crippen molar-refractivity contribution < 1.29 is 15.0 Å². The van der Waals surface area contributed by atoms with Crippen molar-refractivity contribution in [3.05, 3.63) is 44.0 Å². The van der Waals surface area contributed by atoms with E-state index in [1.54, 1.807) is 6.92 Å². The van der Waals surface area contributed by atoms with E-state index >= 15 is 0 Å². The second-order valence-corrected chi connectivity index (χ2v) is 4.69. The van der Waals surface area contributed by atoms with Gasteiger partial charge in [-0.15, -0.1) is 0 Å². The maximum absolute atomic E-state index is 10.9. The van der Waals surface area contributed by atoms with Crippen LogP contribution >= 0.6 is 0 Å². The molecular weight excluding hydrogens is 266 g/mol. The van der Waals surface area contributed by atoms with Crippen LogP contribution in [0.3, 0.4) is 0 Å². The molecule has 0 aromatic heterocycles. The van der Waals surface area contributed by atoms with Gasteiger partial charge < -0.3 is 10.4 Å². The molecule has 1 rings (SSSR count). The SMILES string of the molecule is CC(O)CC(C)NCc1ccc([N+](=O)[O-])cc1[N+](=O)[O-]. The highest BCUT2D eigenvalue weighted by Gasteiger charge is 2.19. The minimum absolute atomic E-state index is 0.0233. The summed E-state index contributed by atoms with van der Waals surface area (Å²) < 4.78 is 0. The summed E-state index contributed by atoms with van der Waals surface area (Å²) in [6.45, 7) is 3.72. The van der Waals surface area contributed by atoms with Gasteiger partial charge in [0.2, 0.25) is 0 Å². The lowest BCUT2D eigenvalue weighted by Gasteiger charge is -2.15. The summed E-state index contributed by atoms with van der Waals surface area (Å²) in [7, 11) is 0. The van der Waals surface area contributed by atoms with Crippen LogP contribution < -0.4 is 5.32 Å². The van der Waals surface area contributed by atoms with Crippen LogP contribution in [-0.4, -0.2) is 27.1 Å². The van der Waals surface area contributed by atoms with Crippen LogP contribution in [-0.2, 0) is 6.54 Å². The van der Waals surface area contributed by atoms with Crippen molar-refractivity contribution in [1.29, 1.82) is 0 Å². The summed E-state index contributed by atoms with van der Waals surface area (Å²) in [5.74, 6) is 0.